The summed E-state index contributed by atoms with van der Waals surface area (Å²) in [6.45, 7) is 3.43. The van der Waals surface area contributed by atoms with E-state index in [0.717, 1.165) is 12.1 Å². The number of carbonyl (C=O) groups is 2. The first-order chi connectivity index (χ1) is 16.1. The molecule has 1 unspecified atom stereocenters. The van der Waals surface area contributed by atoms with Crippen LogP contribution < -0.4 is 10.1 Å². The zero-order valence-electron chi connectivity index (χ0n) is 18.7. The average Bonchev–Trinajstić information content (AvgIpc) is 2.79. The van der Waals surface area contributed by atoms with Crippen molar-refractivity contribution in [3.63, 3.8) is 0 Å². The van der Waals surface area contributed by atoms with Gasteiger partial charge in [-0.25, -0.2) is 12.8 Å². The zero-order chi connectivity index (χ0) is 24.5. The van der Waals surface area contributed by atoms with Crippen LogP contribution in [0.5, 0.6) is 5.75 Å². The molecule has 0 bridgehead atoms. The van der Waals surface area contributed by atoms with E-state index >= 15 is 0 Å². The van der Waals surface area contributed by atoms with Crippen LogP contribution in [0.2, 0.25) is 0 Å². The molecule has 176 valence electrons. The Morgan fingerprint density at radius 2 is 1.74 bits per heavy atom. The highest BCUT2D eigenvalue weighted by Gasteiger charge is 2.33. The fourth-order valence-electron chi connectivity index (χ4n) is 3.94. The lowest BCUT2D eigenvalue weighted by Crippen LogP contribution is -2.36. The second-order valence-corrected chi connectivity index (χ2v) is 10.9. The molecule has 0 saturated heterocycles. The summed E-state index contributed by atoms with van der Waals surface area (Å²) in [4.78, 5) is 25.4. The summed E-state index contributed by atoms with van der Waals surface area (Å²) >= 11 is 0. The number of Topliss-reactive ketones (excluding diaryl/α,β-unsaturated/α-hetero) is 1. The first-order valence-electron chi connectivity index (χ1n) is 10.8. The summed E-state index contributed by atoms with van der Waals surface area (Å²) in [5.74, 6) is -0.769. The van der Waals surface area contributed by atoms with Gasteiger partial charge in [0.05, 0.1) is 16.9 Å². The summed E-state index contributed by atoms with van der Waals surface area (Å²) in [5.41, 5.74) is 0.418. The Morgan fingerprint density at radius 3 is 2.41 bits per heavy atom. The molecule has 4 rings (SSSR count). The van der Waals surface area contributed by atoms with Crippen LogP contribution in [0, 0.1) is 5.82 Å². The maximum Gasteiger partial charge on any atom is 0.251 e. The highest BCUT2D eigenvalue weighted by Crippen LogP contribution is 2.34. The molecular weight excluding hydrogens is 457 g/mol. The molecule has 0 radical (unpaired) electrons. The molecule has 1 heterocycles. The van der Waals surface area contributed by atoms with E-state index in [9.17, 15) is 22.4 Å². The number of benzene rings is 3. The molecule has 1 aliphatic rings. The fourth-order valence-corrected chi connectivity index (χ4v) is 5.61. The molecule has 6 nitrogen and oxygen atoms in total. The molecule has 0 saturated carbocycles. The van der Waals surface area contributed by atoms with Gasteiger partial charge in [-0.3, -0.25) is 9.59 Å². The molecule has 1 N–H and O–H groups in total. The molecule has 0 fully saturated rings. The molecule has 34 heavy (non-hydrogen) atoms. The van der Waals surface area contributed by atoms with E-state index in [4.69, 9.17) is 4.74 Å². The minimum Gasteiger partial charge on any atom is -0.487 e. The van der Waals surface area contributed by atoms with Crippen molar-refractivity contribution in [2.24, 2.45) is 0 Å². The number of nitrogens with one attached hydrogen (secondary N) is 1. The Kier molecular flexibility index (Phi) is 6.27. The Morgan fingerprint density at radius 1 is 1.06 bits per heavy atom. The van der Waals surface area contributed by atoms with Gasteiger partial charge in [0.1, 0.15) is 22.4 Å². The van der Waals surface area contributed by atoms with Crippen molar-refractivity contribution in [1.29, 1.82) is 0 Å². The van der Waals surface area contributed by atoms with Crippen molar-refractivity contribution in [3.8, 4) is 5.75 Å². The molecule has 0 aliphatic carbocycles. The summed E-state index contributed by atoms with van der Waals surface area (Å²) in [5, 5.41) is 1.59. The smallest absolute Gasteiger partial charge is 0.251 e. The van der Waals surface area contributed by atoms with Gasteiger partial charge in [-0.15, -0.1) is 0 Å². The maximum atomic E-state index is 13.4. The Balaban J connectivity index is 1.59. The molecule has 0 spiro atoms. The second kappa shape index (κ2) is 9.02. The Hall–Kier alpha value is -3.52. The molecular formula is C26H24FNO5S. The van der Waals surface area contributed by atoms with Gasteiger partial charge in [0.25, 0.3) is 5.91 Å². The highest BCUT2D eigenvalue weighted by atomic mass is 32.2. The van der Waals surface area contributed by atoms with E-state index in [1.165, 1.54) is 24.3 Å². The Bertz CT molecular complexity index is 1340. The van der Waals surface area contributed by atoms with Crippen LogP contribution in [-0.4, -0.2) is 32.3 Å². The second-order valence-electron chi connectivity index (χ2n) is 8.78. The number of halogens is 1. The third kappa shape index (κ3) is 4.87. The number of rotatable bonds is 6. The van der Waals surface area contributed by atoms with Crippen molar-refractivity contribution in [2.75, 3.05) is 6.54 Å². The quantitative estimate of drug-likeness (QED) is 0.523. The monoisotopic (exact) mass is 481 g/mol. The molecule has 1 atom stereocenters. The molecule has 8 heteroatoms. The first kappa shape index (κ1) is 23.6. The van der Waals surface area contributed by atoms with Crippen molar-refractivity contribution in [2.45, 2.75) is 36.0 Å². The van der Waals surface area contributed by atoms with Crippen LogP contribution in [0.3, 0.4) is 0 Å². The van der Waals surface area contributed by atoms with Gasteiger partial charge in [0.15, 0.2) is 15.6 Å². The number of hydrogen-bond acceptors (Lipinski definition) is 5. The highest BCUT2D eigenvalue weighted by molar-refractivity contribution is 7.91. The number of carbonyl (C=O) groups excluding carboxylic acids is 2. The van der Waals surface area contributed by atoms with Crippen LogP contribution in [0.25, 0.3) is 0 Å². The fraction of sp³-hybridized carbons (Fsp3) is 0.231. The minimum atomic E-state index is -3.94. The van der Waals surface area contributed by atoms with Gasteiger partial charge in [-0.2, -0.15) is 0 Å². The van der Waals surface area contributed by atoms with Crippen molar-refractivity contribution in [1.82, 2.24) is 5.32 Å². The lowest BCUT2D eigenvalue weighted by atomic mass is 9.92. The average molecular weight is 482 g/mol. The number of ketones is 1. The molecule has 1 aliphatic heterocycles. The molecule has 3 aromatic carbocycles. The standard InChI is InChI=1S/C26H24FNO5S/c1-26(2)15-22(29)21-14-18(8-13-23(21)33-26)25(30)28-16-24(17-6-4-3-5-7-17)34(31,32)20-11-9-19(27)10-12-20/h3-14,24H,15-16H2,1-2H3,(H,28,30). The third-order valence-corrected chi connectivity index (χ3v) is 7.77. The summed E-state index contributed by atoms with van der Waals surface area (Å²) in [7, 11) is -3.94. The third-order valence-electron chi connectivity index (χ3n) is 5.65. The van der Waals surface area contributed by atoms with Crippen LogP contribution in [0.15, 0.2) is 77.7 Å². The summed E-state index contributed by atoms with van der Waals surface area (Å²) < 4.78 is 45.9. The van der Waals surface area contributed by atoms with E-state index < -0.39 is 32.4 Å². The lowest BCUT2D eigenvalue weighted by Gasteiger charge is -2.31. The topological polar surface area (TPSA) is 89.5 Å². The maximum absolute atomic E-state index is 13.4. The predicted molar refractivity (Wildman–Crippen MR) is 125 cm³/mol. The van der Waals surface area contributed by atoms with Crippen LogP contribution in [0.4, 0.5) is 4.39 Å². The van der Waals surface area contributed by atoms with E-state index in [1.54, 1.807) is 36.4 Å². The van der Waals surface area contributed by atoms with E-state index in [-0.39, 0.29) is 29.2 Å². The predicted octanol–water partition coefficient (Wildman–Crippen LogP) is 4.51. The number of ether oxygens (including phenoxy) is 1. The number of sulfone groups is 1. The first-order valence-corrected chi connectivity index (χ1v) is 12.3. The molecule has 1 amide bonds. The minimum absolute atomic E-state index is 0.0452. The van der Waals surface area contributed by atoms with Gasteiger partial charge in [0.2, 0.25) is 0 Å². The van der Waals surface area contributed by atoms with Crippen LogP contribution >= 0.6 is 0 Å². The van der Waals surface area contributed by atoms with E-state index in [2.05, 4.69) is 5.32 Å². The van der Waals surface area contributed by atoms with E-state index in [1.807, 2.05) is 13.8 Å². The SMILES string of the molecule is CC1(C)CC(=O)c2cc(C(=O)NCC(c3ccccc3)S(=O)(=O)c3ccc(F)cc3)ccc2O1. The molecule has 3 aromatic rings. The van der Waals surface area contributed by atoms with Gasteiger partial charge in [0, 0.05) is 12.1 Å². The van der Waals surface area contributed by atoms with Gasteiger partial charge in [-0.1, -0.05) is 30.3 Å². The van der Waals surface area contributed by atoms with Crippen molar-refractivity contribution >= 4 is 21.5 Å². The number of amides is 1. The van der Waals surface area contributed by atoms with Crippen LogP contribution in [-0.2, 0) is 9.84 Å². The largest absolute Gasteiger partial charge is 0.487 e. The van der Waals surface area contributed by atoms with Crippen molar-refractivity contribution in [3.05, 3.63) is 95.3 Å². The zero-order valence-corrected chi connectivity index (χ0v) is 19.6. The normalized spacial score (nSPS) is 15.7. The van der Waals surface area contributed by atoms with Gasteiger partial charge < -0.3 is 10.1 Å². The molecule has 0 aromatic heterocycles. The van der Waals surface area contributed by atoms with E-state index in [0.29, 0.717) is 16.9 Å². The Labute approximate surface area is 197 Å². The number of hydrogen-bond donors (Lipinski definition) is 1. The van der Waals surface area contributed by atoms with Crippen LogP contribution in [0.1, 0.15) is 51.8 Å². The van der Waals surface area contributed by atoms with Gasteiger partial charge in [-0.05, 0) is 61.9 Å². The summed E-state index contributed by atoms with van der Waals surface area (Å²) in [6.07, 6.45) is 0.192. The number of fused-ring (bicyclic) bond motifs is 1. The summed E-state index contributed by atoms with van der Waals surface area (Å²) in [6, 6.07) is 17.7. The lowest BCUT2D eigenvalue weighted by molar-refractivity contribution is 0.0620. The van der Waals surface area contributed by atoms with Crippen molar-refractivity contribution < 1.29 is 27.1 Å². The van der Waals surface area contributed by atoms with Gasteiger partial charge >= 0.3 is 0 Å².